The lowest BCUT2D eigenvalue weighted by Gasteiger charge is -2.29. The van der Waals surface area contributed by atoms with E-state index < -0.39 is 10.8 Å². The summed E-state index contributed by atoms with van der Waals surface area (Å²) in [5.74, 6) is 2.40. The third-order valence-electron chi connectivity index (χ3n) is 3.73. The molecule has 104 valence electrons. The van der Waals surface area contributed by atoms with Crippen LogP contribution in [0, 0.1) is 0 Å². The molecule has 4 nitrogen and oxygen atoms in total. The van der Waals surface area contributed by atoms with E-state index in [4.69, 9.17) is 10.5 Å². The molecular formula is C14H20N2O2S. The predicted octanol–water partition coefficient (Wildman–Crippen LogP) is 1.55. The van der Waals surface area contributed by atoms with Crippen LogP contribution in [0.3, 0.4) is 0 Å². The van der Waals surface area contributed by atoms with Crippen molar-refractivity contribution >= 4 is 22.2 Å². The normalized spacial score (nSPS) is 22.1. The van der Waals surface area contributed by atoms with Crippen LogP contribution in [0.2, 0.25) is 0 Å². The van der Waals surface area contributed by atoms with Crippen LogP contribution in [0.5, 0.6) is 5.75 Å². The van der Waals surface area contributed by atoms with Gasteiger partial charge in [0.2, 0.25) is 0 Å². The summed E-state index contributed by atoms with van der Waals surface area (Å²) in [7, 11) is -0.667. The molecule has 0 amide bonds. The summed E-state index contributed by atoms with van der Waals surface area (Å²) >= 11 is 0. The van der Waals surface area contributed by atoms with Gasteiger partial charge in [-0.05, 0) is 19.9 Å². The zero-order valence-corrected chi connectivity index (χ0v) is 12.3. The van der Waals surface area contributed by atoms with E-state index in [1.165, 1.54) is 5.56 Å². The van der Waals surface area contributed by atoms with Gasteiger partial charge >= 0.3 is 0 Å². The third kappa shape index (κ3) is 2.43. The van der Waals surface area contributed by atoms with E-state index >= 15 is 0 Å². The number of anilines is 2. The van der Waals surface area contributed by atoms with Crippen molar-refractivity contribution in [2.24, 2.45) is 0 Å². The first-order chi connectivity index (χ1) is 8.94. The van der Waals surface area contributed by atoms with Crippen LogP contribution in [0.15, 0.2) is 12.1 Å². The molecule has 0 spiro atoms. The minimum absolute atomic E-state index is 0.142. The summed E-state index contributed by atoms with van der Waals surface area (Å²) in [6.45, 7) is 5.79. The number of nitrogen functional groups attached to an aromatic ring is 1. The van der Waals surface area contributed by atoms with Gasteiger partial charge in [-0.1, -0.05) is 0 Å². The first kappa shape index (κ1) is 12.8. The van der Waals surface area contributed by atoms with Crippen LogP contribution in [-0.2, 0) is 17.2 Å². The van der Waals surface area contributed by atoms with Crippen molar-refractivity contribution in [3.8, 4) is 5.75 Å². The number of rotatable bonds is 1. The summed E-state index contributed by atoms with van der Waals surface area (Å²) in [5.41, 5.74) is 9.04. The Labute approximate surface area is 116 Å². The van der Waals surface area contributed by atoms with E-state index in [-0.39, 0.29) is 5.60 Å². The van der Waals surface area contributed by atoms with Crippen LogP contribution in [-0.4, -0.2) is 34.4 Å². The summed E-state index contributed by atoms with van der Waals surface area (Å²) < 4.78 is 17.4. The fraction of sp³-hybridized carbons (Fsp3) is 0.571. The molecule has 0 bridgehead atoms. The number of nitrogens with two attached hydrogens (primary N) is 1. The van der Waals surface area contributed by atoms with Crippen LogP contribution in [0.1, 0.15) is 19.4 Å². The van der Waals surface area contributed by atoms with E-state index in [2.05, 4.69) is 18.7 Å². The molecule has 0 aliphatic carbocycles. The molecule has 0 unspecified atom stereocenters. The van der Waals surface area contributed by atoms with Gasteiger partial charge in [-0.3, -0.25) is 4.21 Å². The number of ether oxygens (including phenoxy) is 1. The topological polar surface area (TPSA) is 55.6 Å². The summed E-state index contributed by atoms with van der Waals surface area (Å²) in [6.07, 6.45) is 0.900. The van der Waals surface area contributed by atoms with Gasteiger partial charge in [0, 0.05) is 53.4 Å². The second kappa shape index (κ2) is 4.40. The van der Waals surface area contributed by atoms with E-state index in [1.807, 2.05) is 12.1 Å². The van der Waals surface area contributed by atoms with Gasteiger partial charge in [0.15, 0.2) is 0 Å². The SMILES string of the molecule is CC1(C)Cc2cc(N)c(N3CCS(=O)CC3)cc2O1. The number of hydrogen-bond acceptors (Lipinski definition) is 4. The van der Waals surface area contributed by atoms with Gasteiger partial charge in [-0.2, -0.15) is 0 Å². The van der Waals surface area contributed by atoms with Crippen molar-refractivity contribution in [2.75, 3.05) is 35.2 Å². The molecule has 2 heterocycles. The maximum Gasteiger partial charge on any atom is 0.125 e. The van der Waals surface area contributed by atoms with Crippen LogP contribution in [0.4, 0.5) is 11.4 Å². The minimum Gasteiger partial charge on any atom is -0.487 e. The average Bonchev–Trinajstić information content (AvgIpc) is 2.62. The highest BCUT2D eigenvalue weighted by Crippen LogP contribution is 2.40. The molecule has 1 aromatic rings. The van der Waals surface area contributed by atoms with E-state index in [9.17, 15) is 4.21 Å². The smallest absolute Gasteiger partial charge is 0.125 e. The second-order valence-electron chi connectivity index (χ2n) is 5.89. The van der Waals surface area contributed by atoms with Gasteiger partial charge in [-0.15, -0.1) is 0 Å². The maximum atomic E-state index is 11.4. The van der Waals surface area contributed by atoms with Gasteiger partial charge < -0.3 is 15.4 Å². The Kier molecular flexibility index (Phi) is 2.96. The highest BCUT2D eigenvalue weighted by molar-refractivity contribution is 7.85. The first-order valence-electron chi connectivity index (χ1n) is 6.66. The zero-order valence-electron chi connectivity index (χ0n) is 11.4. The Balaban J connectivity index is 1.90. The monoisotopic (exact) mass is 280 g/mol. The first-order valence-corrected chi connectivity index (χ1v) is 8.15. The number of fused-ring (bicyclic) bond motifs is 1. The van der Waals surface area contributed by atoms with Gasteiger partial charge in [0.1, 0.15) is 11.4 Å². The Hall–Kier alpha value is -1.23. The highest BCUT2D eigenvalue weighted by Gasteiger charge is 2.31. The largest absolute Gasteiger partial charge is 0.487 e. The third-order valence-corrected chi connectivity index (χ3v) is 5.01. The molecular weight excluding hydrogens is 260 g/mol. The van der Waals surface area contributed by atoms with Crippen LogP contribution >= 0.6 is 0 Å². The van der Waals surface area contributed by atoms with Gasteiger partial charge in [0.05, 0.1) is 11.4 Å². The fourth-order valence-corrected chi connectivity index (χ4v) is 3.86. The Morgan fingerprint density at radius 3 is 2.68 bits per heavy atom. The van der Waals surface area contributed by atoms with Gasteiger partial charge in [0.25, 0.3) is 0 Å². The van der Waals surface area contributed by atoms with Crippen LogP contribution < -0.4 is 15.4 Å². The standard InChI is InChI=1S/C14H20N2O2S/c1-14(2)9-10-7-11(15)12(8-13(10)18-14)16-3-5-19(17)6-4-16/h7-8H,3-6,9,15H2,1-2H3. The van der Waals surface area contributed by atoms with E-state index in [0.29, 0.717) is 0 Å². The molecule has 1 aromatic carbocycles. The Bertz CT molecular complexity index is 532. The van der Waals surface area contributed by atoms with Crippen molar-refractivity contribution in [3.63, 3.8) is 0 Å². The number of nitrogens with zero attached hydrogens (tertiary/aromatic N) is 1. The lowest BCUT2D eigenvalue weighted by Crippen LogP contribution is -2.38. The average molecular weight is 280 g/mol. The summed E-state index contributed by atoms with van der Waals surface area (Å²) in [6, 6.07) is 4.08. The fourth-order valence-electron chi connectivity index (χ4n) is 2.81. The molecule has 19 heavy (non-hydrogen) atoms. The summed E-state index contributed by atoms with van der Waals surface area (Å²) in [4.78, 5) is 2.21. The van der Waals surface area contributed by atoms with Crippen molar-refractivity contribution in [2.45, 2.75) is 25.9 Å². The molecule has 1 saturated heterocycles. The quantitative estimate of drug-likeness (QED) is 0.793. The van der Waals surface area contributed by atoms with Crippen molar-refractivity contribution in [1.82, 2.24) is 0 Å². The van der Waals surface area contributed by atoms with E-state index in [0.717, 1.165) is 48.1 Å². The highest BCUT2D eigenvalue weighted by atomic mass is 32.2. The lowest BCUT2D eigenvalue weighted by molar-refractivity contribution is 0.138. The molecule has 2 aliphatic rings. The molecule has 0 aromatic heterocycles. The zero-order chi connectivity index (χ0) is 13.6. The number of hydrogen-bond donors (Lipinski definition) is 1. The summed E-state index contributed by atoms with van der Waals surface area (Å²) in [5, 5.41) is 0. The molecule has 0 atom stereocenters. The molecule has 0 radical (unpaired) electrons. The molecule has 3 rings (SSSR count). The van der Waals surface area contributed by atoms with E-state index in [1.54, 1.807) is 0 Å². The second-order valence-corrected chi connectivity index (χ2v) is 7.59. The lowest BCUT2D eigenvalue weighted by atomic mass is 10.0. The Morgan fingerprint density at radius 2 is 2.00 bits per heavy atom. The molecule has 1 fully saturated rings. The van der Waals surface area contributed by atoms with Crippen molar-refractivity contribution < 1.29 is 8.95 Å². The maximum absolute atomic E-state index is 11.4. The number of benzene rings is 1. The van der Waals surface area contributed by atoms with Crippen molar-refractivity contribution in [3.05, 3.63) is 17.7 Å². The van der Waals surface area contributed by atoms with Crippen LogP contribution in [0.25, 0.3) is 0 Å². The van der Waals surface area contributed by atoms with Gasteiger partial charge in [-0.25, -0.2) is 0 Å². The molecule has 0 saturated carbocycles. The molecule has 5 heteroatoms. The molecule has 2 aliphatic heterocycles. The van der Waals surface area contributed by atoms with Crippen molar-refractivity contribution in [1.29, 1.82) is 0 Å². The minimum atomic E-state index is -0.667. The Morgan fingerprint density at radius 1 is 1.32 bits per heavy atom. The predicted molar refractivity (Wildman–Crippen MR) is 79.4 cm³/mol. The molecule has 2 N–H and O–H groups in total.